The Morgan fingerprint density at radius 2 is 1.48 bits per heavy atom. The van der Waals surface area contributed by atoms with Gasteiger partial charge in [-0.2, -0.15) is 0 Å². The van der Waals surface area contributed by atoms with Crippen molar-refractivity contribution in [3.8, 4) is 11.4 Å². The van der Waals surface area contributed by atoms with Crippen LogP contribution in [0.5, 0.6) is 0 Å². The van der Waals surface area contributed by atoms with E-state index in [9.17, 15) is 0 Å². The van der Waals surface area contributed by atoms with Crippen molar-refractivity contribution < 1.29 is 4.57 Å². The number of aromatic nitrogens is 2. The Hall–Kier alpha value is -2.09. The summed E-state index contributed by atoms with van der Waals surface area (Å²) in [5.74, 6) is 1.28. The fourth-order valence-electron chi connectivity index (χ4n) is 3.43. The molecule has 0 atom stereocenters. The van der Waals surface area contributed by atoms with Gasteiger partial charge in [0.15, 0.2) is 11.0 Å². The molecule has 1 heterocycles. The smallest absolute Gasteiger partial charge is 0.226 e. The lowest BCUT2D eigenvalue weighted by Gasteiger charge is -2.19. The zero-order valence-corrected chi connectivity index (χ0v) is 15.4. The summed E-state index contributed by atoms with van der Waals surface area (Å²) in [5.41, 5.74) is 7.82. The second-order valence-electron chi connectivity index (χ2n) is 7.70. The van der Waals surface area contributed by atoms with Gasteiger partial charge in [0.2, 0.25) is 0 Å². The Morgan fingerprint density at radius 3 is 2.13 bits per heavy atom. The zero-order valence-electron chi connectivity index (χ0n) is 15.4. The Kier molecular flexibility index (Phi) is 3.59. The Balaban J connectivity index is 2.49. The summed E-state index contributed by atoms with van der Waals surface area (Å²) in [5, 5.41) is 0. The molecule has 0 radical (unpaired) electrons. The topological polar surface area (TPSA) is 8.81 Å². The second-order valence-corrected chi connectivity index (χ2v) is 7.70. The Bertz CT molecular complexity index is 892. The first-order valence-corrected chi connectivity index (χ1v) is 8.29. The van der Waals surface area contributed by atoms with Gasteiger partial charge in [-0.3, -0.25) is 0 Å². The lowest BCUT2D eigenvalue weighted by molar-refractivity contribution is -0.634. The first kappa shape index (κ1) is 15.8. The predicted octanol–water partition coefficient (Wildman–Crippen LogP) is 4.81. The van der Waals surface area contributed by atoms with Crippen molar-refractivity contribution >= 4 is 11.0 Å². The Morgan fingerprint density at radius 1 is 0.870 bits per heavy atom. The lowest BCUT2D eigenvalue weighted by Crippen LogP contribution is -2.33. The van der Waals surface area contributed by atoms with Crippen molar-refractivity contribution in [2.24, 2.45) is 7.05 Å². The maximum absolute atomic E-state index is 2.48. The van der Waals surface area contributed by atoms with Crippen molar-refractivity contribution in [1.82, 2.24) is 4.57 Å². The summed E-state index contributed by atoms with van der Waals surface area (Å²) in [6.45, 7) is 13.4. The monoisotopic (exact) mass is 307 g/mol. The molecular formula is C21H27N2+. The number of fused-ring (bicyclic) bond motifs is 1. The van der Waals surface area contributed by atoms with Crippen LogP contribution in [0.3, 0.4) is 0 Å². The van der Waals surface area contributed by atoms with Crippen LogP contribution in [0.2, 0.25) is 0 Å². The van der Waals surface area contributed by atoms with Crippen LogP contribution in [0.1, 0.15) is 37.5 Å². The van der Waals surface area contributed by atoms with Gasteiger partial charge in [-0.05, 0) is 70.9 Å². The third-order valence-electron chi connectivity index (χ3n) is 4.57. The molecule has 0 N–H and O–H groups in total. The molecule has 0 amide bonds. The van der Waals surface area contributed by atoms with Crippen molar-refractivity contribution in [2.45, 2.75) is 47.1 Å². The molecule has 23 heavy (non-hydrogen) atoms. The summed E-state index contributed by atoms with van der Waals surface area (Å²) >= 11 is 0. The molecule has 0 saturated heterocycles. The van der Waals surface area contributed by atoms with Crippen LogP contribution < -0.4 is 4.57 Å². The molecule has 0 unspecified atom stereocenters. The minimum absolute atomic E-state index is 0.0127. The van der Waals surface area contributed by atoms with Gasteiger partial charge in [0.25, 0.3) is 5.82 Å². The largest absolute Gasteiger partial charge is 0.290 e. The number of hydrogen-bond donors (Lipinski definition) is 0. The van der Waals surface area contributed by atoms with E-state index in [2.05, 4.69) is 94.1 Å². The zero-order chi connectivity index (χ0) is 16.9. The van der Waals surface area contributed by atoms with Gasteiger partial charge in [-0.15, -0.1) is 0 Å². The highest BCUT2D eigenvalue weighted by Gasteiger charge is 2.32. The van der Waals surface area contributed by atoms with Gasteiger partial charge >= 0.3 is 0 Å². The van der Waals surface area contributed by atoms with Gasteiger partial charge in [0.05, 0.1) is 12.6 Å². The minimum Gasteiger partial charge on any atom is -0.226 e. The summed E-state index contributed by atoms with van der Waals surface area (Å²) in [7, 11) is 2.18. The maximum atomic E-state index is 2.48. The fourth-order valence-corrected chi connectivity index (χ4v) is 3.43. The van der Waals surface area contributed by atoms with E-state index in [1.807, 2.05) is 0 Å². The van der Waals surface area contributed by atoms with Crippen molar-refractivity contribution in [1.29, 1.82) is 0 Å². The van der Waals surface area contributed by atoms with E-state index in [1.54, 1.807) is 0 Å². The quantitative estimate of drug-likeness (QED) is 0.570. The van der Waals surface area contributed by atoms with E-state index in [0.29, 0.717) is 0 Å². The van der Waals surface area contributed by atoms with Crippen LogP contribution in [0, 0.1) is 20.8 Å². The van der Waals surface area contributed by atoms with Crippen LogP contribution in [0.15, 0.2) is 36.4 Å². The van der Waals surface area contributed by atoms with E-state index in [-0.39, 0.29) is 5.54 Å². The summed E-state index contributed by atoms with van der Waals surface area (Å²) in [6, 6.07) is 13.4. The molecule has 1 aromatic heterocycles. The molecule has 3 rings (SSSR count). The molecule has 3 aromatic rings. The van der Waals surface area contributed by atoms with Crippen LogP contribution in [0.25, 0.3) is 22.4 Å². The lowest BCUT2D eigenvalue weighted by atomic mass is 10.0. The van der Waals surface area contributed by atoms with Gasteiger partial charge in [-0.25, -0.2) is 9.13 Å². The maximum Gasteiger partial charge on any atom is 0.290 e. The van der Waals surface area contributed by atoms with Gasteiger partial charge in [0, 0.05) is 0 Å². The first-order chi connectivity index (χ1) is 10.7. The number of aryl methyl sites for hydroxylation is 4. The number of benzene rings is 2. The number of imidazole rings is 1. The van der Waals surface area contributed by atoms with Crippen LogP contribution >= 0.6 is 0 Å². The van der Waals surface area contributed by atoms with Crippen LogP contribution in [-0.4, -0.2) is 4.57 Å². The summed E-state index contributed by atoms with van der Waals surface area (Å²) < 4.78 is 4.82. The molecule has 0 aliphatic heterocycles. The fraction of sp³-hybridized carbons (Fsp3) is 0.381. The summed E-state index contributed by atoms with van der Waals surface area (Å²) in [6.07, 6.45) is 0. The minimum atomic E-state index is 0.0127. The molecule has 2 heteroatoms. The molecule has 0 aliphatic carbocycles. The number of nitrogens with zero attached hydrogens (tertiary/aromatic N) is 2. The highest BCUT2D eigenvalue weighted by Crippen LogP contribution is 2.32. The van der Waals surface area contributed by atoms with Gasteiger partial charge in [-0.1, -0.05) is 23.8 Å². The van der Waals surface area contributed by atoms with Crippen molar-refractivity contribution in [2.75, 3.05) is 0 Å². The molecule has 0 saturated carbocycles. The molecule has 120 valence electrons. The first-order valence-electron chi connectivity index (χ1n) is 8.29. The molecule has 2 aromatic carbocycles. The van der Waals surface area contributed by atoms with E-state index in [0.717, 1.165) is 0 Å². The second kappa shape index (κ2) is 5.23. The predicted molar refractivity (Wildman–Crippen MR) is 97.8 cm³/mol. The van der Waals surface area contributed by atoms with Gasteiger partial charge < -0.3 is 0 Å². The average molecular weight is 307 g/mol. The van der Waals surface area contributed by atoms with E-state index >= 15 is 0 Å². The van der Waals surface area contributed by atoms with Crippen LogP contribution in [-0.2, 0) is 12.6 Å². The normalized spacial score (nSPS) is 12.1. The molecule has 0 aliphatic rings. The number of rotatable bonds is 1. The molecular weight excluding hydrogens is 280 g/mol. The van der Waals surface area contributed by atoms with Crippen molar-refractivity contribution in [3.05, 3.63) is 53.1 Å². The average Bonchev–Trinajstić information content (AvgIpc) is 2.74. The highest BCUT2D eigenvalue weighted by atomic mass is 15.2. The van der Waals surface area contributed by atoms with Crippen molar-refractivity contribution in [3.63, 3.8) is 0 Å². The third-order valence-corrected chi connectivity index (χ3v) is 4.57. The SMILES string of the molecule is Cc1ccc(C)c(-c2n(C(C)(C)C)c3cc(C)ccc3[n+]2C)c1. The summed E-state index contributed by atoms with van der Waals surface area (Å²) in [4.78, 5) is 0. The molecule has 0 fully saturated rings. The third kappa shape index (κ3) is 2.56. The number of hydrogen-bond acceptors (Lipinski definition) is 0. The molecule has 0 spiro atoms. The van der Waals surface area contributed by atoms with E-state index in [1.165, 1.54) is 39.1 Å². The molecule has 0 bridgehead atoms. The molecule has 2 nitrogen and oxygen atoms in total. The Labute approximate surface area is 139 Å². The standard InChI is InChI=1S/C21H27N2/c1-14-8-10-16(3)17(12-14)20-22(7)18-11-9-15(2)13-19(18)23(20)21(4,5)6/h8-13H,1-7H3/q+1. The van der Waals surface area contributed by atoms with Crippen LogP contribution in [0.4, 0.5) is 0 Å². The van der Waals surface area contributed by atoms with E-state index in [4.69, 9.17) is 0 Å². The van der Waals surface area contributed by atoms with Gasteiger partial charge in [0.1, 0.15) is 5.54 Å². The van der Waals surface area contributed by atoms with E-state index < -0.39 is 0 Å². The highest BCUT2D eigenvalue weighted by molar-refractivity contribution is 5.78.